The molecule has 4 atom stereocenters. The minimum absolute atomic E-state index is 0.0524. The topological polar surface area (TPSA) is 165 Å². The molecule has 0 bridgehead atoms. The van der Waals surface area contributed by atoms with Crippen LogP contribution in [0.1, 0.15) is 13.2 Å². The zero-order valence-electron chi connectivity index (χ0n) is 12.2. The fourth-order valence-electron chi connectivity index (χ4n) is 2.71. The van der Waals surface area contributed by atoms with E-state index in [9.17, 15) is 15.0 Å². The lowest BCUT2D eigenvalue weighted by Crippen LogP contribution is -2.53. The third kappa shape index (κ3) is 2.18. The van der Waals surface area contributed by atoms with E-state index in [1.54, 1.807) is 6.92 Å². The summed E-state index contributed by atoms with van der Waals surface area (Å²) >= 11 is 0. The third-order valence-corrected chi connectivity index (χ3v) is 3.78. The molecule has 3 heterocycles. The Morgan fingerprint density at radius 3 is 3.00 bits per heavy atom. The fraction of sp³-hybridized carbons (Fsp3) is 0.462. The van der Waals surface area contributed by atoms with Crippen molar-refractivity contribution in [2.24, 2.45) is 5.73 Å². The van der Waals surface area contributed by atoms with Gasteiger partial charge in [-0.2, -0.15) is 4.98 Å². The molecule has 1 aliphatic rings. The van der Waals surface area contributed by atoms with Gasteiger partial charge < -0.3 is 26.4 Å². The highest BCUT2D eigenvalue weighted by atomic mass is 16.5. The molecule has 1 fully saturated rings. The van der Waals surface area contributed by atoms with Gasteiger partial charge in [0.25, 0.3) is 5.56 Å². The third-order valence-electron chi connectivity index (χ3n) is 3.78. The minimum Gasteiger partial charge on any atom is -0.394 e. The van der Waals surface area contributed by atoms with E-state index in [-0.39, 0.29) is 17.1 Å². The zero-order chi connectivity index (χ0) is 16.8. The van der Waals surface area contributed by atoms with Gasteiger partial charge in [-0.15, -0.1) is 5.92 Å². The van der Waals surface area contributed by atoms with E-state index in [1.165, 1.54) is 10.9 Å². The first kappa shape index (κ1) is 15.4. The highest BCUT2D eigenvalue weighted by Crippen LogP contribution is 2.37. The van der Waals surface area contributed by atoms with Gasteiger partial charge in [0, 0.05) is 0 Å². The quantitative estimate of drug-likeness (QED) is 0.384. The Balaban J connectivity index is 2.20. The molecule has 0 spiro atoms. The molecule has 0 saturated carbocycles. The number of nitrogen functional groups attached to an aromatic ring is 1. The molecule has 10 heteroatoms. The molecule has 2 aromatic rings. The summed E-state index contributed by atoms with van der Waals surface area (Å²) < 4.78 is 7.00. The number of ether oxygens (including phenoxy) is 1. The van der Waals surface area contributed by atoms with Crippen LogP contribution in [-0.4, -0.2) is 54.1 Å². The maximum atomic E-state index is 11.9. The van der Waals surface area contributed by atoms with E-state index in [4.69, 9.17) is 16.2 Å². The average Bonchev–Trinajstić information content (AvgIpc) is 3.01. The van der Waals surface area contributed by atoms with Crippen molar-refractivity contribution in [2.45, 2.75) is 30.9 Å². The minimum atomic E-state index is -1.51. The number of aliphatic hydroxyl groups is 2. The SMILES string of the molecule is CC#C[C@@]1(N)C(O)[C@@H](CO)O[C@H]1n1cnc2c(=O)[nH]c(N)nc21. The van der Waals surface area contributed by atoms with Crippen LogP contribution < -0.4 is 17.0 Å². The number of rotatable bonds is 2. The second kappa shape index (κ2) is 5.32. The second-order valence-electron chi connectivity index (χ2n) is 5.24. The Morgan fingerprint density at radius 1 is 1.61 bits per heavy atom. The maximum absolute atomic E-state index is 11.9. The van der Waals surface area contributed by atoms with Gasteiger partial charge in [0.05, 0.1) is 12.9 Å². The normalized spacial score (nSPS) is 30.3. The highest BCUT2D eigenvalue weighted by molar-refractivity contribution is 5.70. The van der Waals surface area contributed by atoms with E-state index in [2.05, 4.69) is 26.8 Å². The van der Waals surface area contributed by atoms with Crippen LogP contribution in [0.25, 0.3) is 11.2 Å². The predicted octanol–water partition coefficient (Wildman–Crippen LogP) is -2.33. The Labute approximate surface area is 130 Å². The maximum Gasteiger partial charge on any atom is 0.280 e. The summed E-state index contributed by atoms with van der Waals surface area (Å²) in [5.74, 6) is 5.27. The van der Waals surface area contributed by atoms with Gasteiger partial charge >= 0.3 is 0 Å². The van der Waals surface area contributed by atoms with Crippen LogP contribution >= 0.6 is 0 Å². The van der Waals surface area contributed by atoms with Gasteiger partial charge in [-0.1, -0.05) is 5.92 Å². The lowest BCUT2D eigenvalue weighted by atomic mass is 9.91. The molecule has 10 nitrogen and oxygen atoms in total. The van der Waals surface area contributed by atoms with Crippen molar-refractivity contribution in [1.29, 1.82) is 0 Å². The molecule has 0 aliphatic carbocycles. The molecule has 1 aliphatic heterocycles. The second-order valence-corrected chi connectivity index (χ2v) is 5.24. The number of aromatic amines is 1. The Kier molecular flexibility index (Phi) is 3.57. The van der Waals surface area contributed by atoms with Gasteiger partial charge in [-0.05, 0) is 6.92 Å². The van der Waals surface area contributed by atoms with Crippen molar-refractivity contribution in [3.8, 4) is 11.8 Å². The molecular weight excluding hydrogens is 304 g/mol. The van der Waals surface area contributed by atoms with Crippen LogP contribution in [0.3, 0.4) is 0 Å². The van der Waals surface area contributed by atoms with Crippen LogP contribution in [-0.2, 0) is 4.74 Å². The fourth-order valence-corrected chi connectivity index (χ4v) is 2.71. The van der Waals surface area contributed by atoms with Crippen molar-refractivity contribution in [2.75, 3.05) is 12.3 Å². The first-order valence-electron chi connectivity index (χ1n) is 6.82. The van der Waals surface area contributed by atoms with E-state index in [0.29, 0.717) is 0 Å². The summed E-state index contributed by atoms with van der Waals surface area (Å²) in [6.07, 6.45) is -1.85. The van der Waals surface area contributed by atoms with Crippen molar-refractivity contribution in [3.05, 3.63) is 16.7 Å². The van der Waals surface area contributed by atoms with Crippen LogP contribution in [0.5, 0.6) is 0 Å². The largest absolute Gasteiger partial charge is 0.394 e. The average molecular weight is 320 g/mol. The molecule has 0 amide bonds. The lowest BCUT2D eigenvalue weighted by molar-refractivity contribution is -0.0447. The van der Waals surface area contributed by atoms with Gasteiger partial charge in [-0.3, -0.25) is 14.3 Å². The summed E-state index contributed by atoms with van der Waals surface area (Å²) in [4.78, 5) is 22.2. The van der Waals surface area contributed by atoms with E-state index in [0.717, 1.165) is 0 Å². The number of aliphatic hydroxyl groups excluding tert-OH is 2. The van der Waals surface area contributed by atoms with E-state index in [1.807, 2.05) is 0 Å². The predicted molar refractivity (Wildman–Crippen MR) is 79.9 cm³/mol. The summed E-state index contributed by atoms with van der Waals surface area (Å²) in [6.45, 7) is 1.13. The number of hydrogen-bond donors (Lipinski definition) is 5. The molecule has 122 valence electrons. The number of H-pyrrole nitrogens is 1. The molecule has 1 unspecified atom stereocenters. The molecular formula is C13H16N6O4. The molecule has 7 N–H and O–H groups in total. The van der Waals surface area contributed by atoms with Gasteiger partial charge in [0.1, 0.15) is 12.2 Å². The zero-order valence-corrected chi connectivity index (χ0v) is 12.2. The Morgan fingerprint density at radius 2 is 2.35 bits per heavy atom. The first-order valence-corrected chi connectivity index (χ1v) is 6.82. The number of nitrogens with two attached hydrogens (primary N) is 2. The van der Waals surface area contributed by atoms with Crippen LogP contribution in [0.2, 0.25) is 0 Å². The molecule has 23 heavy (non-hydrogen) atoms. The van der Waals surface area contributed by atoms with Gasteiger partial charge in [0.2, 0.25) is 5.95 Å². The standard InChI is InChI=1S/C13H16N6O4/c1-2-3-13(15)8(21)6(4-20)23-11(13)19-5-16-7-9(19)17-12(14)18-10(7)22/h5-6,8,11,20-21H,4,15H2,1H3,(H3,14,17,18,22)/t6-,8?,11-,13-/m1/s1. The monoisotopic (exact) mass is 320 g/mol. The summed E-state index contributed by atoms with van der Waals surface area (Å²) in [5.41, 5.74) is 9.98. The van der Waals surface area contributed by atoms with Gasteiger partial charge in [0.15, 0.2) is 22.9 Å². The summed E-state index contributed by atoms with van der Waals surface area (Å²) in [7, 11) is 0. The molecule has 0 radical (unpaired) electrons. The number of imidazole rings is 1. The van der Waals surface area contributed by atoms with Gasteiger partial charge in [-0.25, -0.2) is 4.98 Å². The summed E-state index contributed by atoms with van der Waals surface area (Å²) in [5, 5.41) is 19.7. The van der Waals surface area contributed by atoms with Crippen molar-refractivity contribution in [1.82, 2.24) is 19.5 Å². The molecule has 1 saturated heterocycles. The van der Waals surface area contributed by atoms with Crippen molar-refractivity contribution >= 4 is 17.1 Å². The van der Waals surface area contributed by atoms with Crippen LogP contribution in [0.15, 0.2) is 11.1 Å². The molecule has 0 aromatic carbocycles. The van der Waals surface area contributed by atoms with E-state index < -0.39 is 36.1 Å². The van der Waals surface area contributed by atoms with Crippen molar-refractivity contribution < 1.29 is 14.9 Å². The Bertz CT molecular complexity index is 865. The number of aromatic nitrogens is 4. The first-order chi connectivity index (χ1) is 10.9. The molecule has 2 aromatic heterocycles. The molecule has 3 rings (SSSR count). The number of nitrogens with zero attached hydrogens (tertiary/aromatic N) is 3. The highest BCUT2D eigenvalue weighted by Gasteiger charge is 2.54. The van der Waals surface area contributed by atoms with Crippen LogP contribution in [0.4, 0.5) is 5.95 Å². The number of hydrogen-bond acceptors (Lipinski definition) is 8. The number of fused-ring (bicyclic) bond motifs is 1. The number of anilines is 1. The summed E-state index contributed by atoms with van der Waals surface area (Å²) in [6, 6.07) is 0. The van der Waals surface area contributed by atoms with E-state index >= 15 is 0 Å². The van der Waals surface area contributed by atoms with Crippen molar-refractivity contribution in [3.63, 3.8) is 0 Å². The Hall–Kier alpha value is -2.45. The van der Waals surface area contributed by atoms with Crippen LogP contribution in [0, 0.1) is 11.8 Å². The lowest BCUT2D eigenvalue weighted by Gasteiger charge is -2.27. The number of nitrogens with one attached hydrogen (secondary N) is 1. The smallest absolute Gasteiger partial charge is 0.280 e.